The highest BCUT2D eigenvalue weighted by Crippen LogP contribution is 2.55. The molecule has 0 saturated heterocycles. The zero-order chi connectivity index (χ0) is 19.0. The van der Waals surface area contributed by atoms with Crippen LogP contribution in [-0.2, 0) is 9.59 Å². The van der Waals surface area contributed by atoms with Crippen molar-refractivity contribution in [2.75, 3.05) is 5.32 Å². The van der Waals surface area contributed by atoms with Gasteiger partial charge in [0.2, 0.25) is 5.91 Å². The van der Waals surface area contributed by atoms with Gasteiger partial charge in [-0.15, -0.1) is 8.78 Å². The van der Waals surface area contributed by atoms with Crippen molar-refractivity contribution in [3.05, 3.63) is 24.3 Å². The van der Waals surface area contributed by atoms with Gasteiger partial charge in [-0.25, -0.2) is 0 Å². The Morgan fingerprint density at radius 1 is 1.28 bits per heavy atom. The maximum atomic E-state index is 12.6. The van der Waals surface area contributed by atoms with E-state index in [9.17, 15) is 23.5 Å². The summed E-state index contributed by atoms with van der Waals surface area (Å²) in [5, 5.41) is 14.2. The molecule has 0 heterocycles. The smallest absolute Gasteiger partial charge is 0.487 e. The maximum absolute atomic E-state index is 12.6. The van der Waals surface area contributed by atoms with Gasteiger partial charge in [-0.05, 0) is 42.5 Å². The number of aliphatic carboxylic acids is 1. The second-order valence-electron chi connectivity index (χ2n) is 6.99. The molecule has 2 atom stereocenters. The molecule has 2 rings (SSSR count). The van der Waals surface area contributed by atoms with Crippen LogP contribution in [-0.4, -0.2) is 17.4 Å². The molecular formula is C17H19ClF2NO4-. The first kappa shape index (κ1) is 19.4. The number of ether oxygens (including phenoxy) is 1. The number of carboxylic acid groups (broad SMARTS) is 1. The highest BCUT2D eigenvalue weighted by Gasteiger charge is 2.54. The third-order valence-electron chi connectivity index (χ3n) is 5.35. The number of nitrogens with one attached hydrogen (secondary N) is 1. The Hall–Kier alpha value is -1.89. The van der Waals surface area contributed by atoms with Crippen LogP contribution in [0.3, 0.4) is 0 Å². The normalized spacial score (nSPS) is 25.4. The largest absolute Gasteiger partial charge is 0.550 e. The monoisotopic (exact) mass is 374 g/mol. The van der Waals surface area contributed by atoms with E-state index in [0.717, 1.165) is 0 Å². The summed E-state index contributed by atoms with van der Waals surface area (Å²) < 4.78 is 29.3. The fourth-order valence-corrected chi connectivity index (χ4v) is 3.38. The van der Waals surface area contributed by atoms with Crippen LogP contribution in [0.1, 0.15) is 33.6 Å². The van der Waals surface area contributed by atoms with Crippen LogP contribution in [0.4, 0.5) is 14.5 Å². The molecule has 5 nitrogen and oxygen atoms in total. The molecule has 0 bridgehead atoms. The molecule has 25 heavy (non-hydrogen) atoms. The summed E-state index contributed by atoms with van der Waals surface area (Å²) in [5.41, 5.74) is -5.32. The number of carbonyl (C=O) groups excluding carboxylic acids is 2. The molecule has 1 aliphatic carbocycles. The van der Waals surface area contributed by atoms with Crippen LogP contribution in [0.15, 0.2) is 24.3 Å². The summed E-state index contributed by atoms with van der Waals surface area (Å²) in [5.74, 6) is -2.16. The van der Waals surface area contributed by atoms with E-state index in [1.54, 1.807) is 20.8 Å². The zero-order valence-corrected chi connectivity index (χ0v) is 14.8. The Balaban J connectivity index is 2.09. The second kappa shape index (κ2) is 6.44. The van der Waals surface area contributed by atoms with Gasteiger partial charge in [0.05, 0.1) is 0 Å². The predicted molar refractivity (Wildman–Crippen MR) is 86.1 cm³/mol. The summed E-state index contributed by atoms with van der Waals surface area (Å²) in [6.07, 6.45) is 0.765. The number of alkyl halides is 3. The Morgan fingerprint density at radius 2 is 1.84 bits per heavy atom. The van der Waals surface area contributed by atoms with Gasteiger partial charge in [-0.3, -0.25) is 4.79 Å². The van der Waals surface area contributed by atoms with Gasteiger partial charge in [0.25, 0.3) is 0 Å². The second-order valence-corrected chi connectivity index (χ2v) is 7.43. The van der Waals surface area contributed by atoms with Crippen LogP contribution in [0.5, 0.6) is 5.75 Å². The Kier molecular flexibility index (Phi) is 5.01. The first-order valence-electron chi connectivity index (χ1n) is 7.75. The number of carboxylic acids is 1. The average Bonchev–Trinajstić information content (AvgIpc) is 2.71. The highest BCUT2D eigenvalue weighted by atomic mass is 35.5. The molecule has 1 fully saturated rings. The minimum absolute atomic E-state index is 0.149. The standard InChI is InChI=1S/C17H20ClF2NO4/c1-15(2)12(8-9-16(15,3)14(23)24)13(22)21-10-4-6-11(7-5-10)25-17(18,19)20/h4-7,12H,8-9H2,1-3H3,(H,21,22)(H,23,24)/p-1/t12-,16-/m1/s1. The molecule has 1 saturated carbocycles. The number of hydrogen-bond donors (Lipinski definition) is 1. The van der Waals surface area contributed by atoms with Crippen molar-refractivity contribution >= 4 is 29.2 Å². The first-order chi connectivity index (χ1) is 11.4. The zero-order valence-electron chi connectivity index (χ0n) is 14.1. The fourth-order valence-electron chi connectivity index (χ4n) is 3.29. The van der Waals surface area contributed by atoms with Gasteiger partial charge in [0.15, 0.2) is 0 Å². The average molecular weight is 375 g/mol. The van der Waals surface area contributed by atoms with Gasteiger partial charge in [-0.2, -0.15) is 0 Å². The van der Waals surface area contributed by atoms with Crippen LogP contribution in [0.2, 0.25) is 0 Å². The Bertz CT molecular complexity index is 672. The van der Waals surface area contributed by atoms with Crippen molar-refractivity contribution in [2.45, 2.75) is 39.2 Å². The van der Waals surface area contributed by atoms with E-state index in [2.05, 4.69) is 21.7 Å². The van der Waals surface area contributed by atoms with E-state index in [4.69, 9.17) is 0 Å². The summed E-state index contributed by atoms with van der Waals surface area (Å²) >= 11 is 4.68. The number of halogens is 3. The molecule has 138 valence electrons. The molecule has 1 amide bonds. The van der Waals surface area contributed by atoms with Crippen LogP contribution < -0.4 is 15.2 Å². The molecule has 8 heteroatoms. The molecular weight excluding hydrogens is 356 g/mol. The number of carbonyl (C=O) groups is 2. The van der Waals surface area contributed by atoms with E-state index in [-0.39, 0.29) is 11.7 Å². The van der Waals surface area contributed by atoms with E-state index >= 15 is 0 Å². The van der Waals surface area contributed by atoms with Crippen LogP contribution >= 0.6 is 11.6 Å². The van der Waals surface area contributed by atoms with Crippen LogP contribution in [0.25, 0.3) is 0 Å². The Labute approximate surface area is 149 Å². The number of rotatable bonds is 5. The predicted octanol–water partition coefficient (Wildman–Crippen LogP) is 2.99. The third-order valence-corrected chi connectivity index (χ3v) is 5.43. The lowest BCUT2D eigenvalue weighted by atomic mass is 9.65. The van der Waals surface area contributed by atoms with Gasteiger partial charge in [-0.1, -0.05) is 20.8 Å². The molecule has 1 aromatic carbocycles. The van der Waals surface area contributed by atoms with E-state index in [1.807, 2.05) is 0 Å². The third kappa shape index (κ3) is 3.86. The summed E-state index contributed by atoms with van der Waals surface area (Å²) in [6, 6.07) is 5.29. The number of hydrogen-bond acceptors (Lipinski definition) is 4. The van der Waals surface area contributed by atoms with Crippen molar-refractivity contribution in [3.63, 3.8) is 0 Å². The Morgan fingerprint density at radius 3 is 2.28 bits per heavy atom. The molecule has 1 N–H and O–H groups in total. The summed E-state index contributed by atoms with van der Waals surface area (Å²) in [7, 11) is 0. The molecule has 0 aliphatic heterocycles. The molecule has 0 aromatic heterocycles. The first-order valence-corrected chi connectivity index (χ1v) is 8.13. The summed E-state index contributed by atoms with van der Waals surface area (Å²) in [4.78, 5) is 24.0. The van der Waals surface area contributed by atoms with Crippen LogP contribution in [0, 0.1) is 16.7 Å². The van der Waals surface area contributed by atoms with Crippen molar-refractivity contribution in [2.24, 2.45) is 16.7 Å². The topological polar surface area (TPSA) is 78.5 Å². The molecule has 1 aliphatic rings. The van der Waals surface area contributed by atoms with Crippen molar-refractivity contribution in [1.82, 2.24) is 0 Å². The lowest BCUT2D eigenvalue weighted by molar-refractivity contribution is -0.323. The summed E-state index contributed by atoms with van der Waals surface area (Å²) in [6.45, 7) is 5.06. The minimum atomic E-state index is -3.81. The lowest BCUT2D eigenvalue weighted by Crippen LogP contribution is -2.49. The minimum Gasteiger partial charge on any atom is -0.550 e. The maximum Gasteiger partial charge on any atom is 0.487 e. The van der Waals surface area contributed by atoms with Crippen molar-refractivity contribution < 1.29 is 28.2 Å². The van der Waals surface area contributed by atoms with Crippen molar-refractivity contribution in [3.8, 4) is 5.75 Å². The molecule has 0 radical (unpaired) electrons. The fraction of sp³-hybridized carbons (Fsp3) is 0.529. The molecule has 0 spiro atoms. The van der Waals surface area contributed by atoms with E-state index in [0.29, 0.717) is 18.5 Å². The SMILES string of the molecule is CC1(C)[C@@H](C(=O)Nc2ccc(OC(F)(F)Cl)cc2)CC[C@]1(C)C(=O)[O-]. The van der Waals surface area contributed by atoms with E-state index in [1.165, 1.54) is 24.3 Å². The van der Waals surface area contributed by atoms with Crippen molar-refractivity contribution in [1.29, 1.82) is 0 Å². The molecule has 0 unspecified atom stereocenters. The van der Waals surface area contributed by atoms with Gasteiger partial charge in [0.1, 0.15) is 5.75 Å². The van der Waals surface area contributed by atoms with Gasteiger partial charge >= 0.3 is 5.57 Å². The van der Waals surface area contributed by atoms with Gasteiger partial charge in [0, 0.05) is 34.6 Å². The lowest BCUT2D eigenvalue weighted by Gasteiger charge is -2.41. The quantitative estimate of drug-likeness (QED) is 0.804. The number of amides is 1. The molecule has 1 aromatic rings. The number of anilines is 1. The number of benzene rings is 1. The van der Waals surface area contributed by atoms with Gasteiger partial charge < -0.3 is 20.0 Å². The van der Waals surface area contributed by atoms with E-state index < -0.39 is 28.3 Å². The highest BCUT2D eigenvalue weighted by molar-refractivity contribution is 6.20.